The minimum Gasteiger partial charge on any atom is -0.494 e. The Morgan fingerprint density at radius 2 is 1.96 bits per heavy atom. The predicted molar refractivity (Wildman–Crippen MR) is 90.8 cm³/mol. The fourth-order valence-electron chi connectivity index (χ4n) is 2.88. The highest BCUT2D eigenvalue weighted by molar-refractivity contribution is 6.32. The molecule has 130 valence electrons. The summed E-state index contributed by atoms with van der Waals surface area (Å²) in [5, 5.41) is 3.06. The third-order valence-electron chi connectivity index (χ3n) is 4.24. The van der Waals surface area contributed by atoms with Crippen molar-refractivity contribution >= 4 is 23.5 Å². The maximum absolute atomic E-state index is 13.8. The van der Waals surface area contributed by atoms with Crippen molar-refractivity contribution in [3.8, 4) is 5.75 Å². The molecular weight excluding hydrogens is 347 g/mol. The normalized spacial score (nSPS) is 19.9. The second kappa shape index (κ2) is 6.37. The van der Waals surface area contributed by atoms with E-state index in [9.17, 15) is 14.0 Å². The van der Waals surface area contributed by atoms with Crippen LogP contribution in [-0.2, 0) is 16.9 Å². The van der Waals surface area contributed by atoms with E-state index in [2.05, 4.69) is 5.32 Å². The SMILES string of the molecule is COc1ccc(CN2C(=O)NC(C)(c3ccccc3Cl)C2=O)cc1F. The highest BCUT2D eigenvalue weighted by Crippen LogP contribution is 2.34. The van der Waals surface area contributed by atoms with Gasteiger partial charge in [0.2, 0.25) is 0 Å². The third-order valence-corrected chi connectivity index (χ3v) is 4.57. The number of urea groups is 1. The summed E-state index contributed by atoms with van der Waals surface area (Å²) in [7, 11) is 1.37. The summed E-state index contributed by atoms with van der Waals surface area (Å²) in [5.74, 6) is -0.899. The maximum Gasteiger partial charge on any atom is 0.325 e. The monoisotopic (exact) mass is 362 g/mol. The number of ether oxygens (including phenoxy) is 1. The van der Waals surface area contributed by atoms with Gasteiger partial charge >= 0.3 is 6.03 Å². The molecule has 7 heteroatoms. The lowest BCUT2D eigenvalue weighted by Gasteiger charge is -2.23. The lowest BCUT2D eigenvalue weighted by Crippen LogP contribution is -2.41. The molecule has 1 fully saturated rings. The van der Waals surface area contributed by atoms with Gasteiger partial charge in [0, 0.05) is 10.6 Å². The smallest absolute Gasteiger partial charge is 0.325 e. The first-order valence-corrected chi connectivity index (χ1v) is 7.96. The van der Waals surface area contributed by atoms with E-state index in [-0.39, 0.29) is 12.3 Å². The molecular formula is C18H16ClFN2O3. The predicted octanol–water partition coefficient (Wildman–Crippen LogP) is 3.45. The molecule has 1 aliphatic heterocycles. The number of carbonyl (C=O) groups is 2. The molecule has 1 atom stereocenters. The molecule has 1 unspecified atom stereocenters. The molecule has 1 N–H and O–H groups in total. The first-order valence-electron chi connectivity index (χ1n) is 7.58. The second-order valence-electron chi connectivity index (χ2n) is 5.90. The van der Waals surface area contributed by atoms with Gasteiger partial charge in [0.05, 0.1) is 13.7 Å². The van der Waals surface area contributed by atoms with Crippen LogP contribution in [0.25, 0.3) is 0 Å². The van der Waals surface area contributed by atoms with Crippen molar-refractivity contribution in [3.63, 3.8) is 0 Å². The van der Waals surface area contributed by atoms with E-state index < -0.39 is 23.3 Å². The first-order chi connectivity index (χ1) is 11.9. The Morgan fingerprint density at radius 3 is 2.60 bits per heavy atom. The molecule has 2 aromatic carbocycles. The van der Waals surface area contributed by atoms with Gasteiger partial charge in [-0.3, -0.25) is 9.69 Å². The molecule has 0 radical (unpaired) electrons. The van der Waals surface area contributed by atoms with E-state index in [1.807, 2.05) is 0 Å². The first kappa shape index (κ1) is 17.2. The Hall–Kier alpha value is -2.60. The fourth-order valence-corrected chi connectivity index (χ4v) is 3.21. The van der Waals surface area contributed by atoms with Crippen molar-refractivity contribution in [2.45, 2.75) is 19.0 Å². The molecule has 0 saturated carbocycles. The number of hydrogen-bond acceptors (Lipinski definition) is 3. The van der Waals surface area contributed by atoms with Gasteiger partial charge < -0.3 is 10.1 Å². The number of nitrogens with one attached hydrogen (secondary N) is 1. The Labute approximate surface area is 149 Å². The van der Waals surface area contributed by atoms with Crippen LogP contribution in [0.1, 0.15) is 18.1 Å². The standard InChI is InChI=1S/C18H16ClFN2O3/c1-18(12-5-3-4-6-13(12)19)16(23)22(17(24)21-18)10-11-7-8-15(25-2)14(20)9-11/h3-9H,10H2,1-2H3,(H,21,24). The molecule has 1 heterocycles. The topological polar surface area (TPSA) is 58.6 Å². The average Bonchev–Trinajstić information content (AvgIpc) is 2.79. The van der Waals surface area contributed by atoms with Crippen molar-refractivity contribution in [1.82, 2.24) is 10.2 Å². The molecule has 1 aliphatic rings. The zero-order valence-electron chi connectivity index (χ0n) is 13.7. The van der Waals surface area contributed by atoms with E-state index in [0.717, 1.165) is 4.90 Å². The van der Waals surface area contributed by atoms with E-state index in [1.165, 1.54) is 19.2 Å². The van der Waals surface area contributed by atoms with Crippen LogP contribution >= 0.6 is 11.6 Å². The maximum atomic E-state index is 13.8. The molecule has 25 heavy (non-hydrogen) atoms. The summed E-state index contributed by atoms with van der Waals surface area (Å²) >= 11 is 6.18. The van der Waals surface area contributed by atoms with Crippen LogP contribution in [0.4, 0.5) is 9.18 Å². The minimum atomic E-state index is -1.26. The van der Waals surface area contributed by atoms with E-state index in [4.69, 9.17) is 16.3 Å². The number of halogens is 2. The molecule has 0 aliphatic carbocycles. The van der Waals surface area contributed by atoms with Gasteiger partial charge in [0.25, 0.3) is 5.91 Å². The van der Waals surface area contributed by atoms with E-state index >= 15 is 0 Å². The van der Waals surface area contributed by atoms with Crippen LogP contribution in [-0.4, -0.2) is 23.9 Å². The lowest BCUT2D eigenvalue weighted by molar-refractivity contribution is -0.131. The summed E-state index contributed by atoms with van der Waals surface area (Å²) in [5.41, 5.74) is -0.274. The van der Waals surface area contributed by atoms with Gasteiger partial charge in [0.15, 0.2) is 11.6 Å². The number of benzene rings is 2. The second-order valence-corrected chi connectivity index (χ2v) is 6.30. The van der Waals surface area contributed by atoms with Crippen molar-refractivity contribution in [2.24, 2.45) is 0 Å². The Kier molecular flexibility index (Phi) is 4.39. The molecule has 0 bridgehead atoms. The fraction of sp³-hybridized carbons (Fsp3) is 0.222. The molecule has 0 aromatic heterocycles. The van der Waals surface area contributed by atoms with Crippen LogP contribution in [0.2, 0.25) is 5.02 Å². The van der Waals surface area contributed by atoms with Gasteiger partial charge in [-0.2, -0.15) is 0 Å². The van der Waals surface area contributed by atoms with Gasteiger partial charge in [-0.05, 0) is 30.7 Å². The summed E-state index contributed by atoms with van der Waals surface area (Å²) in [4.78, 5) is 26.2. The van der Waals surface area contributed by atoms with Crippen molar-refractivity contribution in [3.05, 3.63) is 64.4 Å². The van der Waals surface area contributed by atoms with Crippen LogP contribution in [0, 0.1) is 5.82 Å². The number of methoxy groups -OCH3 is 1. The average molecular weight is 363 g/mol. The summed E-state index contributed by atoms with van der Waals surface area (Å²) in [6, 6.07) is 10.6. The van der Waals surface area contributed by atoms with Crippen molar-refractivity contribution in [2.75, 3.05) is 7.11 Å². The molecule has 0 spiro atoms. The van der Waals surface area contributed by atoms with Crippen molar-refractivity contribution in [1.29, 1.82) is 0 Å². The molecule has 2 aromatic rings. The number of carbonyl (C=O) groups excluding carboxylic acids is 2. The zero-order chi connectivity index (χ0) is 18.2. The minimum absolute atomic E-state index is 0.0500. The van der Waals surface area contributed by atoms with Crippen LogP contribution in [0.5, 0.6) is 5.75 Å². The zero-order valence-corrected chi connectivity index (χ0v) is 14.4. The van der Waals surface area contributed by atoms with Gasteiger partial charge in [-0.15, -0.1) is 0 Å². The Bertz CT molecular complexity index is 858. The number of rotatable bonds is 4. The van der Waals surface area contributed by atoms with E-state index in [1.54, 1.807) is 37.3 Å². The van der Waals surface area contributed by atoms with Gasteiger partial charge in [-0.1, -0.05) is 35.9 Å². The quantitative estimate of drug-likeness (QED) is 0.847. The molecule has 1 saturated heterocycles. The highest BCUT2D eigenvalue weighted by Gasteiger charge is 2.49. The lowest BCUT2D eigenvalue weighted by atomic mass is 9.92. The third kappa shape index (κ3) is 2.93. The molecule has 5 nitrogen and oxygen atoms in total. The largest absolute Gasteiger partial charge is 0.494 e. The Balaban J connectivity index is 1.89. The molecule has 3 amide bonds. The van der Waals surface area contributed by atoms with Crippen LogP contribution < -0.4 is 10.1 Å². The van der Waals surface area contributed by atoms with E-state index in [0.29, 0.717) is 16.1 Å². The number of hydrogen-bond donors (Lipinski definition) is 1. The number of nitrogens with zero attached hydrogens (tertiary/aromatic N) is 1. The van der Waals surface area contributed by atoms with Crippen LogP contribution in [0.15, 0.2) is 42.5 Å². The summed E-state index contributed by atoms with van der Waals surface area (Å²) in [6.07, 6.45) is 0. The summed E-state index contributed by atoms with van der Waals surface area (Å²) < 4.78 is 18.7. The highest BCUT2D eigenvalue weighted by atomic mass is 35.5. The summed E-state index contributed by atoms with van der Waals surface area (Å²) in [6.45, 7) is 1.55. The number of imide groups is 1. The molecule has 3 rings (SSSR count). The van der Waals surface area contributed by atoms with Crippen molar-refractivity contribution < 1.29 is 18.7 Å². The number of amides is 3. The van der Waals surface area contributed by atoms with Crippen LogP contribution in [0.3, 0.4) is 0 Å². The van der Waals surface area contributed by atoms with Gasteiger partial charge in [0.1, 0.15) is 5.54 Å². The van der Waals surface area contributed by atoms with Gasteiger partial charge in [-0.25, -0.2) is 9.18 Å². The Morgan fingerprint density at radius 1 is 1.24 bits per heavy atom.